The van der Waals surface area contributed by atoms with Gasteiger partial charge in [0.2, 0.25) is 5.88 Å². The van der Waals surface area contributed by atoms with Crippen LogP contribution in [0.1, 0.15) is 32.0 Å². The molecular weight excluding hydrogens is 490 g/mol. The van der Waals surface area contributed by atoms with Crippen LogP contribution in [0.25, 0.3) is 0 Å². The first-order valence-corrected chi connectivity index (χ1v) is 10.0. The molecule has 3 rings (SSSR count). The van der Waals surface area contributed by atoms with Gasteiger partial charge in [-0.3, -0.25) is 14.9 Å². The first-order valence-electron chi connectivity index (χ1n) is 8.87. The van der Waals surface area contributed by atoms with Crippen molar-refractivity contribution in [2.24, 2.45) is 0 Å². The number of ether oxygens (including phenoxy) is 1. The molecule has 0 unspecified atom stereocenters. The van der Waals surface area contributed by atoms with E-state index in [9.17, 15) is 19.7 Å². The van der Waals surface area contributed by atoms with E-state index in [4.69, 9.17) is 16.3 Å². The third-order valence-corrected chi connectivity index (χ3v) is 5.13. The molecule has 0 spiro atoms. The fourth-order valence-corrected chi connectivity index (χ4v) is 3.36. The Kier molecular flexibility index (Phi) is 6.67. The third kappa shape index (κ3) is 4.73. The summed E-state index contributed by atoms with van der Waals surface area (Å²) < 4.78 is 7.66. The van der Waals surface area contributed by atoms with E-state index in [1.807, 2.05) is 0 Å². The maximum Gasteiger partial charge on any atom is 0.346 e. The maximum absolute atomic E-state index is 13.1. The van der Waals surface area contributed by atoms with Gasteiger partial charge < -0.3 is 4.74 Å². The van der Waals surface area contributed by atoms with E-state index in [1.54, 1.807) is 31.2 Å². The Morgan fingerprint density at radius 3 is 2.55 bits per heavy atom. The number of allylic oxidation sites excluding steroid dienone is 1. The quantitative estimate of drug-likeness (QED) is 0.145. The normalized spacial score (nSPS) is 10.5. The van der Waals surface area contributed by atoms with E-state index >= 15 is 0 Å². The number of rotatable bonds is 7. The minimum absolute atomic E-state index is 0.0651. The highest BCUT2D eigenvalue weighted by Crippen LogP contribution is 2.29. The molecule has 0 saturated heterocycles. The molecule has 0 fully saturated rings. The number of nitro groups is 1. The van der Waals surface area contributed by atoms with E-state index < -0.39 is 10.9 Å². The van der Waals surface area contributed by atoms with Gasteiger partial charge in [-0.15, -0.1) is 6.58 Å². The standard InChI is InChI=1S/C21H15BrClN3O5/c1-3-10-25-20(31-21(28)16-9-8-15(26(29)30)11-17(16)23)18(12(2)24-25)19(27)13-4-6-14(22)7-5-13/h3-9,11H,1,10H2,2H3. The van der Waals surface area contributed by atoms with Crippen molar-refractivity contribution in [3.8, 4) is 5.88 Å². The summed E-state index contributed by atoms with van der Waals surface area (Å²) >= 11 is 9.36. The molecule has 10 heteroatoms. The summed E-state index contributed by atoms with van der Waals surface area (Å²) in [6.45, 7) is 5.46. The van der Waals surface area contributed by atoms with Gasteiger partial charge in [-0.2, -0.15) is 5.10 Å². The highest BCUT2D eigenvalue weighted by atomic mass is 79.9. The van der Waals surface area contributed by atoms with Gasteiger partial charge in [0.05, 0.1) is 27.7 Å². The van der Waals surface area contributed by atoms with Crippen LogP contribution in [0.3, 0.4) is 0 Å². The Labute approximate surface area is 190 Å². The van der Waals surface area contributed by atoms with Gasteiger partial charge in [0, 0.05) is 22.2 Å². The van der Waals surface area contributed by atoms with Gasteiger partial charge in [0.1, 0.15) is 5.56 Å². The molecule has 0 amide bonds. The summed E-state index contributed by atoms with van der Waals surface area (Å²) in [5, 5.41) is 15.0. The topological polar surface area (TPSA) is 104 Å². The molecule has 0 bridgehead atoms. The lowest BCUT2D eigenvalue weighted by Gasteiger charge is -2.10. The van der Waals surface area contributed by atoms with Gasteiger partial charge in [0.25, 0.3) is 5.69 Å². The van der Waals surface area contributed by atoms with Gasteiger partial charge in [-0.05, 0) is 37.3 Å². The average Bonchev–Trinajstić information content (AvgIpc) is 3.02. The first-order chi connectivity index (χ1) is 14.7. The summed E-state index contributed by atoms with van der Waals surface area (Å²) in [4.78, 5) is 36.2. The van der Waals surface area contributed by atoms with Gasteiger partial charge in [0.15, 0.2) is 5.78 Å². The number of aryl methyl sites for hydroxylation is 1. The van der Waals surface area contributed by atoms with E-state index in [0.717, 1.165) is 16.6 Å². The molecule has 31 heavy (non-hydrogen) atoms. The van der Waals surface area contributed by atoms with E-state index in [1.165, 1.54) is 16.8 Å². The van der Waals surface area contributed by atoms with Gasteiger partial charge >= 0.3 is 5.97 Å². The Morgan fingerprint density at radius 2 is 1.97 bits per heavy atom. The fourth-order valence-electron chi connectivity index (χ4n) is 2.84. The Morgan fingerprint density at radius 1 is 1.29 bits per heavy atom. The number of nitrogens with zero attached hydrogens (tertiary/aromatic N) is 3. The van der Waals surface area contributed by atoms with Gasteiger partial charge in [-0.25, -0.2) is 9.48 Å². The SMILES string of the molecule is C=CCn1nc(C)c(C(=O)c2ccc(Br)cc2)c1OC(=O)c1ccc([N+](=O)[O-])cc1Cl. The molecule has 0 aliphatic carbocycles. The summed E-state index contributed by atoms with van der Waals surface area (Å²) in [5.41, 5.74) is 0.525. The van der Waals surface area contributed by atoms with Crippen LogP contribution in [0.2, 0.25) is 5.02 Å². The van der Waals surface area contributed by atoms with Crippen LogP contribution in [-0.4, -0.2) is 26.5 Å². The van der Waals surface area contributed by atoms with Crippen LogP contribution in [-0.2, 0) is 6.54 Å². The minimum atomic E-state index is -0.880. The number of ketones is 1. The zero-order valence-electron chi connectivity index (χ0n) is 16.2. The highest BCUT2D eigenvalue weighted by Gasteiger charge is 2.27. The fraction of sp³-hybridized carbons (Fsp3) is 0.0952. The zero-order valence-corrected chi connectivity index (χ0v) is 18.5. The maximum atomic E-state index is 13.1. The van der Waals surface area contributed by atoms with Crippen molar-refractivity contribution in [2.75, 3.05) is 0 Å². The van der Waals surface area contributed by atoms with Crippen molar-refractivity contribution in [1.82, 2.24) is 9.78 Å². The van der Waals surface area contributed by atoms with Crippen molar-refractivity contribution in [3.63, 3.8) is 0 Å². The lowest BCUT2D eigenvalue weighted by molar-refractivity contribution is -0.384. The van der Waals surface area contributed by atoms with Crippen molar-refractivity contribution < 1.29 is 19.2 Å². The highest BCUT2D eigenvalue weighted by molar-refractivity contribution is 9.10. The van der Waals surface area contributed by atoms with E-state index in [0.29, 0.717) is 11.3 Å². The number of non-ortho nitro benzene ring substituents is 1. The number of carbonyl (C=O) groups excluding carboxylic acids is 2. The van der Waals surface area contributed by atoms with Crippen LogP contribution in [0.5, 0.6) is 5.88 Å². The number of hydrogen-bond acceptors (Lipinski definition) is 6. The smallest absolute Gasteiger partial charge is 0.346 e. The summed E-state index contributed by atoms with van der Waals surface area (Å²) in [5.74, 6) is -1.32. The average molecular weight is 505 g/mol. The molecule has 1 aromatic heterocycles. The Balaban J connectivity index is 2.02. The van der Waals surface area contributed by atoms with Crippen molar-refractivity contribution >= 4 is 45.0 Å². The Hall–Kier alpha value is -3.30. The molecule has 8 nitrogen and oxygen atoms in total. The first kappa shape index (κ1) is 22.4. The third-order valence-electron chi connectivity index (χ3n) is 4.29. The Bertz CT molecular complexity index is 1200. The van der Waals surface area contributed by atoms with E-state index in [2.05, 4.69) is 27.6 Å². The number of benzene rings is 2. The molecule has 0 N–H and O–H groups in total. The predicted octanol–water partition coefficient (Wildman–Crippen LogP) is 5.15. The molecule has 0 radical (unpaired) electrons. The largest absolute Gasteiger partial charge is 0.403 e. The van der Waals surface area contributed by atoms with E-state index in [-0.39, 0.29) is 40.0 Å². The second kappa shape index (κ2) is 9.23. The molecule has 3 aromatic rings. The van der Waals surface area contributed by atoms with Crippen LogP contribution >= 0.6 is 27.5 Å². The molecule has 158 valence electrons. The number of halogens is 2. The number of aromatic nitrogens is 2. The number of esters is 1. The molecular formula is C21H15BrClN3O5. The monoisotopic (exact) mass is 503 g/mol. The predicted molar refractivity (Wildman–Crippen MR) is 118 cm³/mol. The minimum Gasteiger partial charge on any atom is -0.403 e. The van der Waals surface area contributed by atoms with Gasteiger partial charge in [-0.1, -0.05) is 33.6 Å². The lowest BCUT2D eigenvalue weighted by Crippen LogP contribution is -2.15. The summed E-state index contributed by atoms with van der Waals surface area (Å²) in [7, 11) is 0. The molecule has 0 aliphatic rings. The second-order valence-electron chi connectivity index (χ2n) is 6.38. The molecule has 1 heterocycles. The van der Waals surface area contributed by atoms with Crippen molar-refractivity contribution in [2.45, 2.75) is 13.5 Å². The second-order valence-corrected chi connectivity index (χ2v) is 7.71. The van der Waals surface area contributed by atoms with Crippen LogP contribution in [0.15, 0.2) is 59.6 Å². The van der Waals surface area contributed by atoms with Crippen molar-refractivity contribution in [3.05, 3.63) is 97.1 Å². The van der Waals surface area contributed by atoms with Crippen molar-refractivity contribution in [1.29, 1.82) is 0 Å². The summed E-state index contributed by atoms with van der Waals surface area (Å²) in [6.07, 6.45) is 1.54. The number of carbonyl (C=O) groups is 2. The number of nitro benzene ring substituents is 1. The molecule has 0 atom stereocenters. The number of hydrogen-bond donors (Lipinski definition) is 0. The molecule has 2 aromatic carbocycles. The zero-order chi connectivity index (χ0) is 22.7. The summed E-state index contributed by atoms with van der Waals surface area (Å²) in [6, 6.07) is 10.1. The van der Waals surface area contributed by atoms with Crippen LogP contribution < -0.4 is 4.74 Å². The van der Waals surface area contributed by atoms with Crippen LogP contribution in [0, 0.1) is 17.0 Å². The van der Waals surface area contributed by atoms with Crippen LogP contribution in [0.4, 0.5) is 5.69 Å². The molecule has 0 aliphatic heterocycles. The molecule has 0 saturated carbocycles. The lowest BCUT2D eigenvalue weighted by atomic mass is 10.0.